The molecule has 0 saturated heterocycles. The van der Waals surface area contributed by atoms with Gasteiger partial charge in [-0.05, 0) is 12.1 Å². The molecule has 0 bridgehead atoms. The van der Waals surface area contributed by atoms with Crippen molar-refractivity contribution in [3.63, 3.8) is 0 Å². The number of carboxylic acid groups (broad SMARTS) is 1. The van der Waals surface area contributed by atoms with Crippen molar-refractivity contribution in [2.45, 2.75) is 0 Å². The fraction of sp³-hybridized carbons (Fsp3) is 0.0588. The van der Waals surface area contributed by atoms with Crippen molar-refractivity contribution >= 4 is 24.5 Å². The minimum Gasteiger partial charge on any atom is -0.870 e. The van der Waals surface area contributed by atoms with Crippen molar-refractivity contribution in [1.29, 1.82) is 5.53 Å². The summed E-state index contributed by atoms with van der Waals surface area (Å²) in [5.74, 6) is -1.56. The van der Waals surface area contributed by atoms with Crippen molar-refractivity contribution < 1.29 is 64.1 Å². The molecular formula is C17H16N4NaO7-. The summed E-state index contributed by atoms with van der Waals surface area (Å²) in [6, 6.07) is 12.6. The van der Waals surface area contributed by atoms with Crippen LogP contribution < -0.4 is 29.6 Å². The smallest absolute Gasteiger partial charge is 0.870 e. The van der Waals surface area contributed by atoms with E-state index >= 15 is 0 Å². The summed E-state index contributed by atoms with van der Waals surface area (Å²) in [5, 5.41) is 12.7. The first-order chi connectivity index (χ1) is 13.0. The fourth-order valence-electron chi connectivity index (χ4n) is 1.69. The van der Waals surface area contributed by atoms with Crippen LogP contribution in [0.3, 0.4) is 0 Å². The Kier molecular flexibility index (Phi) is 19.3. The second kappa shape index (κ2) is 18.3. The number of carbonyl (C=O) groups is 4. The summed E-state index contributed by atoms with van der Waals surface area (Å²) in [4.78, 5) is 42.1. The molecular weight excluding hydrogens is 395 g/mol. The van der Waals surface area contributed by atoms with Gasteiger partial charge in [-0.2, -0.15) is 0 Å². The fourth-order valence-corrected chi connectivity index (χ4v) is 1.69. The van der Waals surface area contributed by atoms with Gasteiger partial charge in [0.1, 0.15) is 0 Å². The maximum absolute atomic E-state index is 11.0. The van der Waals surface area contributed by atoms with E-state index in [4.69, 9.17) is 16.2 Å². The SMILES string of the molecule is COC(=O)c1ccccc1C=O.O=Cc1ccccc1C(=O)O.[N-]=NN=N.[Na+].[OH-]. The van der Waals surface area contributed by atoms with Gasteiger partial charge in [-0.3, -0.25) is 25.6 Å². The third-order valence-electron chi connectivity index (χ3n) is 2.86. The van der Waals surface area contributed by atoms with Gasteiger partial charge in [0.15, 0.2) is 12.6 Å². The summed E-state index contributed by atoms with van der Waals surface area (Å²) in [6.45, 7) is 0. The minimum absolute atomic E-state index is 0. The largest absolute Gasteiger partial charge is 1.00 e. The maximum Gasteiger partial charge on any atom is 1.00 e. The quantitative estimate of drug-likeness (QED) is 0.231. The molecule has 0 atom stereocenters. The van der Waals surface area contributed by atoms with Crippen LogP contribution >= 0.6 is 0 Å². The molecule has 0 fully saturated rings. The Morgan fingerprint density at radius 2 is 1.38 bits per heavy atom. The number of benzene rings is 2. The zero-order chi connectivity index (χ0) is 20.7. The molecule has 12 heteroatoms. The van der Waals surface area contributed by atoms with Crippen molar-refractivity contribution in [3.8, 4) is 0 Å². The minimum atomic E-state index is -1.08. The number of nitrogens with zero attached hydrogens (tertiary/aromatic N) is 3. The van der Waals surface area contributed by atoms with E-state index in [2.05, 4.69) is 9.96 Å². The first-order valence-electron chi connectivity index (χ1n) is 7.07. The number of carboxylic acids is 1. The Morgan fingerprint density at radius 1 is 1.00 bits per heavy atom. The average Bonchev–Trinajstić information content (AvgIpc) is 2.73. The number of hydrogen-bond donors (Lipinski definition) is 2. The zero-order valence-electron chi connectivity index (χ0n) is 15.6. The molecule has 148 valence electrons. The summed E-state index contributed by atoms with van der Waals surface area (Å²) in [6.07, 6.45) is 1.16. The van der Waals surface area contributed by atoms with E-state index in [-0.39, 0.29) is 46.2 Å². The van der Waals surface area contributed by atoms with Gasteiger partial charge < -0.3 is 20.9 Å². The van der Waals surface area contributed by atoms with Crippen molar-refractivity contribution in [2.24, 2.45) is 10.4 Å². The van der Waals surface area contributed by atoms with Crippen LogP contribution in [-0.2, 0) is 4.74 Å². The number of aldehydes is 2. The molecule has 0 spiro atoms. The van der Waals surface area contributed by atoms with Gasteiger partial charge in [0.2, 0.25) is 0 Å². The van der Waals surface area contributed by atoms with Crippen LogP contribution in [0.15, 0.2) is 59.0 Å². The van der Waals surface area contributed by atoms with Crippen LogP contribution in [0.2, 0.25) is 0 Å². The van der Waals surface area contributed by atoms with E-state index in [0.29, 0.717) is 23.7 Å². The molecule has 0 amide bonds. The number of rotatable bonds is 5. The Labute approximate surface area is 187 Å². The number of ether oxygens (including phenoxy) is 1. The van der Waals surface area contributed by atoms with Gasteiger partial charge in [0, 0.05) is 11.1 Å². The molecule has 0 unspecified atom stereocenters. The number of methoxy groups -OCH3 is 1. The van der Waals surface area contributed by atoms with Crippen LogP contribution in [-0.4, -0.2) is 42.2 Å². The number of carbonyl (C=O) groups excluding carboxylic acids is 3. The molecule has 0 aliphatic heterocycles. The molecule has 0 saturated carbocycles. The number of hydrogen-bond acceptors (Lipinski definition) is 7. The van der Waals surface area contributed by atoms with E-state index in [9.17, 15) is 19.2 Å². The monoisotopic (exact) mass is 411 g/mol. The average molecular weight is 411 g/mol. The van der Waals surface area contributed by atoms with Crippen molar-refractivity contribution in [3.05, 3.63) is 76.3 Å². The molecule has 11 nitrogen and oxygen atoms in total. The van der Waals surface area contributed by atoms with E-state index in [1.807, 2.05) is 5.22 Å². The zero-order valence-corrected chi connectivity index (χ0v) is 17.6. The van der Waals surface area contributed by atoms with Gasteiger partial charge in [0.05, 0.1) is 18.2 Å². The number of aromatic carboxylic acids is 1. The molecule has 29 heavy (non-hydrogen) atoms. The van der Waals surface area contributed by atoms with Crippen LogP contribution in [0.25, 0.3) is 5.53 Å². The topological polar surface area (TPSA) is 199 Å². The van der Waals surface area contributed by atoms with E-state index in [1.54, 1.807) is 36.4 Å². The normalized spacial score (nSPS) is 7.90. The third-order valence-corrected chi connectivity index (χ3v) is 2.86. The van der Waals surface area contributed by atoms with Crippen molar-refractivity contribution in [2.75, 3.05) is 7.11 Å². The number of esters is 1. The van der Waals surface area contributed by atoms with Crippen molar-refractivity contribution in [1.82, 2.24) is 0 Å². The second-order valence-corrected chi connectivity index (χ2v) is 4.40. The summed E-state index contributed by atoms with van der Waals surface area (Å²) >= 11 is 0. The summed E-state index contributed by atoms with van der Waals surface area (Å²) in [7, 11) is 1.28. The molecule has 0 heterocycles. The Morgan fingerprint density at radius 3 is 1.69 bits per heavy atom. The van der Waals surface area contributed by atoms with E-state index < -0.39 is 11.9 Å². The molecule has 0 radical (unpaired) electrons. The first kappa shape index (κ1) is 30.6. The summed E-state index contributed by atoms with van der Waals surface area (Å²) in [5.41, 5.74) is 13.7. The van der Waals surface area contributed by atoms with Crippen LogP contribution in [0.1, 0.15) is 41.4 Å². The second-order valence-electron chi connectivity index (χ2n) is 4.40. The van der Waals surface area contributed by atoms with Gasteiger partial charge in [0.25, 0.3) is 0 Å². The molecule has 0 aromatic heterocycles. The molecule has 3 N–H and O–H groups in total. The standard InChI is InChI=1S/C9H8O3.C8H6O3.HN4.Na.H2O/c1-12-9(11)8-5-3-2-4-7(8)6-10;9-5-6-3-1-2-4-7(6)8(10)11;1-3-4-2;;/h2-6H,1H3;1-5H,(H,10,11);1H;;1H2/q;;-1;+1;/p-1. The van der Waals surface area contributed by atoms with Crippen LogP contribution in [0.5, 0.6) is 0 Å². The third kappa shape index (κ3) is 11.3. The molecule has 2 aromatic carbocycles. The predicted octanol–water partition coefficient (Wildman–Crippen LogP) is 0.264. The molecule has 0 aliphatic rings. The predicted molar refractivity (Wildman–Crippen MR) is 94.8 cm³/mol. The molecule has 2 rings (SSSR count). The van der Waals surface area contributed by atoms with E-state index in [1.165, 1.54) is 19.2 Å². The number of nitrogens with one attached hydrogen (secondary N) is 1. The van der Waals surface area contributed by atoms with Crippen LogP contribution in [0, 0.1) is 5.53 Å². The van der Waals surface area contributed by atoms with E-state index in [0.717, 1.165) is 0 Å². The molecule has 2 aromatic rings. The van der Waals surface area contributed by atoms with Crippen LogP contribution in [0.4, 0.5) is 0 Å². The summed E-state index contributed by atoms with van der Waals surface area (Å²) < 4.78 is 4.48. The van der Waals surface area contributed by atoms with Gasteiger partial charge in [-0.25, -0.2) is 9.59 Å². The first-order valence-corrected chi connectivity index (χ1v) is 7.07. The Balaban J connectivity index is -0.000000374. The Hall–Kier alpha value is -3.12. The van der Waals surface area contributed by atoms with Gasteiger partial charge >= 0.3 is 41.5 Å². The van der Waals surface area contributed by atoms with Gasteiger partial charge in [-0.15, -0.1) is 0 Å². The maximum atomic E-state index is 11.0. The van der Waals surface area contributed by atoms with Gasteiger partial charge in [-0.1, -0.05) is 36.4 Å². The molecule has 0 aliphatic carbocycles. The Bertz CT molecular complexity index is 825.